The van der Waals surface area contributed by atoms with Gasteiger partial charge in [0.2, 0.25) is 5.91 Å². The van der Waals surface area contributed by atoms with Crippen molar-refractivity contribution in [2.75, 3.05) is 11.1 Å². The van der Waals surface area contributed by atoms with Crippen molar-refractivity contribution in [1.82, 2.24) is 9.55 Å². The first kappa shape index (κ1) is 16.4. The summed E-state index contributed by atoms with van der Waals surface area (Å²) in [6.07, 6.45) is 1.44. The number of nitrogens with one attached hydrogen (secondary N) is 1. The Hall–Kier alpha value is -2.42. The van der Waals surface area contributed by atoms with Crippen LogP contribution < -0.4 is 15.6 Å². The Morgan fingerprint density at radius 3 is 3.04 bits per heavy atom. The minimum atomic E-state index is -2.93. The van der Waals surface area contributed by atoms with Gasteiger partial charge in [-0.05, 0) is 12.1 Å². The molecule has 0 spiro atoms. The fourth-order valence-corrected chi connectivity index (χ4v) is 3.37. The summed E-state index contributed by atoms with van der Waals surface area (Å²) >= 11 is 1.33. The van der Waals surface area contributed by atoms with E-state index in [-0.39, 0.29) is 23.8 Å². The number of nitrogens with zero attached hydrogens (tertiary/aromatic N) is 2. The molecule has 1 aromatic heterocycles. The second-order valence-corrected chi connectivity index (χ2v) is 6.07. The maximum atomic E-state index is 12.4. The smallest absolute Gasteiger partial charge is 0.387 e. The van der Waals surface area contributed by atoms with Gasteiger partial charge in [0.05, 0.1) is 5.92 Å². The van der Waals surface area contributed by atoms with E-state index >= 15 is 0 Å². The van der Waals surface area contributed by atoms with Crippen molar-refractivity contribution in [3.63, 3.8) is 0 Å². The zero-order chi connectivity index (χ0) is 17.1. The lowest BCUT2D eigenvalue weighted by molar-refractivity contribution is -0.119. The van der Waals surface area contributed by atoms with Crippen molar-refractivity contribution in [2.45, 2.75) is 18.3 Å². The molecule has 1 aliphatic rings. The number of benzene rings is 1. The Balaban J connectivity index is 1.70. The maximum absolute atomic E-state index is 12.4. The molecular formula is C15H13F2N3O3S. The molecule has 9 heteroatoms. The van der Waals surface area contributed by atoms with Crippen LogP contribution in [0.2, 0.25) is 0 Å². The van der Waals surface area contributed by atoms with Crippen molar-refractivity contribution in [3.05, 3.63) is 46.9 Å². The first-order valence-corrected chi connectivity index (χ1v) is 8.06. The number of amides is 1. The molecule has 24 heavy (non-hydrogen) atoms. The summed E-state index contributed by atoms with van der Waals surface area (Å²) in [4.78, 5) is 28.3. The number of hydrogen-bond donors (Lipinski definition) is 1. The van der Waals surface area contributed by atoms with Crippen LogP contribution in [0.1, 0.15) is 0 Å². The van der Waals surface area contributed by atoms with Gasteiger partial charge in [0.25, 0.3) is 5.56 Å². The molecule has 126 valence electrons. The number of ether oxygens (including phenoxy) is 1. The average Bonchev–Trinajstić information content (AvgIpc) is 2.54. The number of fused-ring (bicyclic) bond motifs is 1. The molecular weight excluding hydrogens is 340 g/mol. The zero-order valence-corrected chi connectivity index (χ0v) is 13.1. The van der Waals surface area contributed by atoms with Crippen molar-refractivity contribution in [2.24, 2.45) is 5.92 Å². The van der Waals surface area contributed by atoms with E-state index in [1.54, 1.807) is 6.07 Å². The summed E-state index contributed by atoms with van der Waals surface area (Å²) in [5.74, 6) is -0.274. The number of hydrogen-bond acceptors (Lipinski definition) is 5. The molecule has 0 radical (unpaired) electrons. The molecule has 1 aliphatic heterocycles. The molecule has 3 rings (SSSR count). The molecule has 2 heterocycles. The average molecular weight is 353 g/mol. The number of thioether (sulfide) groups is 1. The minimum Gasteiger partial charge on any atom is -0.435 e. The van der Waals surface area contributed by atoms with Gasteiger partial charge in [-0.2, -0.15) is 8.78 Å². The van der Waals surface area contributed by atoms with Crippen molar-refractivity contribution in [3.8, 4) is 5.75 Å². The predicted molar refractivity (Wildman–Crippen MR) is 84.4 cm³/mol. The standard InChI is InChI=1S/C15H13F2N3O3S/c16-14(17)23-11-3-1-2-10(6-11)19-13(22)9-7-20-12(21)4-5-18-15(20)24-8-9/h1-6,9,14H,7-8H2,(H,19,22). The van der Waals surface area contributed by atoms with E-state index in [0.29, 0.717) is 16.6 Å². The molecule has 0 fully saturated rings. The Morgan fingerprint density at radius 2 is 2.25 bits per heavy atom. The number of rotatable bonds is 4. The van der Waals surface area contributed by atoms with E-state index in [1.165, 1.54) is 46.8 Å². The summed E-state index contributed by atoms with van der Waals surface area (Å²) in [7, 11) is 0. The molecule has 2 aromatic rings. The van der Waals surface area contributed by atoms with E-state index in [2.05, 4.69) is 15.0 Å². The Labute approximate surface area is 139 Å². The van der Waals surface area contributed by atoms with Gasteiger partial charge in [-0.3, -0.25) is 14.2 Å². The first-order valence-electron chi connectivity index (χ1n) is 7.07. The van der Waals surface area contributed by atoms with E-state index in [4.69, 9.17) is 0 Å². The monoisotopic (exact) mass is 353 g/mol. The quantitative estimate of drug-likeness (QED) is 0.853. The van der Waals surface area contributed by atoms with E-state index in [1.807, 2.05) is 0 Å². The molecule has 0 saturated carbocycles. The Bertz CT molecular complexity index is 813. The van der Waals surface area contributed by atoms with Gasteiger partial charge < -0.3 is 10.1 Å². The third-order valence-electron chi connectivity index (χ3n) is 3.41. The molecule has 1 N–H and O–H groups in total. The number of alkyl halides is 2. The van der Waals surface area contributed by atoms with Crippen LogP contribution in [0.3, 0.4) is 0 Å². The SMILES string of the molecule is O=C(Nc1cccc(OC(F)F)c1)C1CSc2nccc(=O)n2C1. The van der Waals surface area contributed by atoms with Crippen LogP contribution in [0, 0.1) is 5.92 Å². The zero-order valence-electron chi connectivity index (χ0n) is 12.3. The largest absolute Gasteiger partial charge is 0.435 e. The topological polar surface area (TPSA) is 73.2 Å². The van der Waals surface area contributed by atoms with E-state index in [0.717, 1.165) is 0 Å². The second-order valence-electron chi connectivity index (χ2n) is 5.08. The van der Waals surface area contributed by atoms with Crippen LogP contribution >= 0.6 is 11.8 Å². The summed E-state index contributed by atoms with van der Waals surface area (Å²) in [6.45, 7) is -2.70. The van der Waals surface area contributed by atoms with Gasteiger partial charge in [-0.25, -0.2) is 4.98 Å². The number of carbonyl (C=O) groups excluding carboxylic acids is 1. The molecule has 1 unspecified atom stereocenters. The van der Waals surface area contributed by atoms with E-state index in [9.17, 15) is 18.4 Å². The fraction of sp³-hybridized carbons (Fsp3) is 0.267. The first-order chi connectivity index (χ1) is 11.5. The highest BCUT2D eigenvalue weighted by Crippen LogP contribution is 2.26. The lowest BCUT2D eigenvalue weighted by atomic mass is 10.1. The van der Waals surface area contributed by atoms with Crippen LogP contribution in [0.5, 0.6) is 5.75 Å². The summed E-state index contributed by atoms with van der Waals surface area (Å²) in [5, 5.41) is 3.24. The maximum Gasteiger partial charge on any atom is 0.387 e. The van der Waals surface area contributed by atoms with Crippen LogP contribution in [-0.2, 0) is 11.3 Å². The van der Waals surface area contributed by atoms with E-state index < -0.39 is 12.5 Å². The second kappa shape index (κ2) is 7.00. The molecule has 6 nitrogen and oxygen atoms in total. The van der Waals surface area contributed by atoms with Gasteiger partial charge in [0.1, 0.15) is 5.75 Å². The van der Waals surface area contributed by atoms with Crippen LogP contribution in [-0.4, -0.2) is 27.8 Å². The minimum absolute atomic E-state index is 0.0356. The van der Waals surface area contributed by atoms with Gasteiger partial charge in [-0.15, -0.1) is 0 Å². The summed E-state index contributed by atoms with van der Waals surface area (Å²) in [5.41, 5.74) is 0.143. The molecule has 1 aromatic carbocycles. The molecule has 1 amide bonds. The van der Waals surface area contributed by atoms with Gasteiger partial charge in [0, 0.05) is 36.3 Å². The van der Waals surface area contributed by atoms with Crippen molar-refractivity contribution in [1.29, 1.82) is 0 Å². The lowest BCUT2D eigenvalue weighted by Crippen LogP contribution is -2.36. The highest BCUT2D eigenvalue weighted by molar-refractivity contribution is 7.99. The van der Waals surface area contributed by atoms with Crippen LogP contribution in [0.4, 0.5) is 14.5 Å². The fourth-order valence-electron chi connectivity index (χ4n) is 2.30. The van der Waals surface area contributed by atoms with Crippen LogP contribution in [0.25, 0.3) is 0 Å². The molecule has 1 atom stereocenters. The highest BCUT2D eigenvalue weighted by Gasteiger charge is 2.26. The Kier molecular flexibility index (Phi) is 4.79. The molecule has 0 bridgehead atoms. The highest BCUT2D eigenvalue weighted by atomic mass is 32.2. The van der Waals surface area contributed by atoms with Crippen molar-refractivity contribution >= 4 is 23.4 Å². The lowest BCUT2D eigenvalue weighted by Gasteiger charge is -2.23. The number of anilines is 1. The number of aromatic nitrogens is 2. The third-order valence-corrected chi connectivity index (χ3v) is 4.57. The van der Waals surface area contributed by atoms with Gasteiger partial charge >= 0.3 is 6.61 Å². The summed E-state index contributed by atoms with van der Waals surface area (Å²) in [6, 6.07) is 7.12. The van der Waals surface area contributed by atoms with Crippen molar-refractivity contribution < 1.29 is 18.3 Å². The van der Waals surface area contributed by atoms with Gasteiger partial charge in [-0.1, -0.05) is 17.8 Å². The van der Waals surface area contributed by atoms with Crippen LogP contribution in [0.15, 0.2) is 46.5 Å². The molecule has 0 saturated heterocycles. The number of halogens is 2. The molecule has 0 aliphatic carbocycles. The summed E-state index contributed by atoms with van der Waals surface area (Å²) < 4.78 is 30.2. The number of carbonyl (C=O) groups is 1. The predicted octanol–water partition coefficient (Wildman–Crippen LogP) is 2.21. The Morgan fingerprint density at radius 1 is 1.42 bits per heavy atom. The third kappa shape index (κ3) is 3.73. The van der Waals surface area contributed by atoms with Gasteiger partial charge in [0.15, 0.2) is 5.16 Å². The normalized spacial score (nSPS) is 16.5.